The second-order valence-corrected chi connectivity index (χ2v) is 14.6. The zero-order valence-corrected chi connectivity index (χ0v) is 20.2. The third kappa shape index (κ3) is 4.17. The minimum Gasteiger partial charge on any atom is -0.465 e. The fourth-order valence-electron chi connectivity index (χ4n) is 5.47. The predicted molar refractivity (Wildman–Crippen MR) is 132 cm³/mol. The van der Waals surface area contributed by atoms with Gasteiger partial charge < -0.3 is 9.47 Å². The average Bonchev–Trinajstić information content (AvgIpc) is 3.16. The molecule has 0 radical (unpaired) electrons. The standard InChI is InChI=1S/C28H32O3Si/c1-28(2,3)32(23-15-9-5-10-16-23,24-17-11-6-12-18-24)26-21-31-27(29)25(26)20-30-19-22-13-7-4-8-14-22/h4-18,25-26H,19-21H2,1-3H3. The number of esters is 1. The Hall–Kier alpha value is -2.69. The van der Waals surface area contributed by atoms with Crippen molar-refractivity contribution in [2.24, 2.45) is 5.92 Å². The van der Waals surface area contributed by atoms with E-state index in [9.17, 15) is 4.79 Å². The second kappa shape index (κ2) is 9.43. The number of hydrogen-bond acceptors (Lipinski definition) is 3. The summed E-state index contributed by atoms with van der Waals surface area (Å²) >= 11 is 0. The Kier molecular flexibility index (Phi) is 6.63. The van der Waals surface area contributed by atoms with Gasteiger partial charge in [-0.3, -0.25) is 4.79 Å². The monoisotopic (exact) mass is 444 g/mol. The Morgan fingerprint density at radius 3 is 1.84 bits per heavy atom. The van der Waals surface area contributed by atoms with Gasteiger partial charge in [0.1, 0.15) is 8.07 Å². The summed E-state index contributed by atoms with van der Waals surface area (Å²) in [5.74, 6) is -0.402. The Morgan fingerprint density at radius 2 is 1.34 bits per heavy atom. The third-order valence-corrected chi connectivity index (χ3v) is 13.3. The topological polar surface area (TPSA) is 35.5 Å². The minimum absolute atomic E-state index is 0.0357. The molecule has 3 aromatic carbocycles. The minimum atomic E-state index is -2.48. The van der Waals surface area contributed by atoms with Gasteiger partial charge >= 0.3 is 5.97 Å². The number of benzene rings is 3. The smallest absolute Gasteiger partial charge is 0.311 e. The van der Waals surface area contributed by atoms with Crippen molar-refractivity contribution in [2.45, 2.75) is 38.0 Å². The van der Waals surface area contributed by atoms with E-state index < -0.39 is 8.07 Å². The molecule has 4 heteroatoms. The Morgan fingerprint density at radius 1 is 0.844 bits per heavy atom. The molecule has 0 aromatic heterocycles. The Balaban J connectivity index is 1.75. The molecule has 0 bridgehead atoms. The largest absolute Gasteiger partial charge is 0.465 e. The molecular formula is C28H32O3Si. The van der Waals surface area contributed by atoms with E-state index in [-0.39, 0.29) is 22.5 Å². The fourth-order valence-corrected chi connectivity index (χ4v) is 12.1. The van der Waals surface area contributed by atoms with Crippen molar-refractivity contribution in [1.82, 2.24) is 0 Å². The number of carbonyl (C=O) groups is 1. The summed E-state index contributed by atoms with van der Waals surface area (Å²) in [6, 6.07) is 31.7. The first-order chi connectivity index (χ1) is 15.4. The number of hydrogen-bond donors (Lipinski definition) is 0. The van der Waals surface area contributed by atoms with Crippen LogP contribution in [0.1, 0.15) is 26.3 Å². The summed E-state index contributed by atoms with van der Waals surface area (Å²) in [5.41, 5.74) is 1.21. The molecule has 1 aliphatic heterocycles. The lowest BCUT2D eigenvalue weighted by Crippen LogP contribution is -2.68. The quantitative estimate of drug-likeness (QED) is 0.388. The summed E-state index contributed by atoms with van der Waals surface area (Å²) in [6.45, 7) is 8.30. The van der Waals surface area contributed by atoms with E-state index in [0.29, 0.717) is 19.8 Å². The normalized spacial score (nSPS) is 19.0. The first-order valence-electron chi connectivity index (χ1n) is 11.3. The van der Waals surface area contributed by atoms with Crippen molar-refractivity contribution in [3.63, 3.8) is 0 Å². The summed E-state index contributed by atoms with van der Waals surface area (Å²) in [7, 11) is -2.48. The van der Waals surface area contributed by atoms with E-state index >= 15 is 0 Å². The van der Waals surface area contributed by atoms with Crippen LogP contribution in [0.5, 0.6) is 0 Å². The van der Waals surface area contributed by atoms with Crippen molar-refractivity contribution in [3.8, 4) is 0 Å². The molecule has 1 aliphatic rings. The van der Waals surface area contributed by atoms with Gasteiger partial charge in [0.25, 0.3) is 0 Å². The van der Waals surface area contributed by atoms with Crippen LogP contribution in [0.4, 0.5) is 0 Å². The molecule has 3 nitrogen and oxygen atoms in total. The van der Waals surface area contributed by atoms with Gasteiger partial charge in [-0.25, -0.2) is 0 Å². The molecule has 3 aromatic rings. The van der Waals surface area contributed by atoms with E-state index in [4.69, 9.17) is 9.47 Å². The first kappa shape index (κ1) is 22.5. The second-order valence-electron chi connectivity index (χ2n) is 9.63. The maximum Gasteiger partial charge on any atom is 0.311 e. The van der Waals surface area contributed by atoms with Crippen molar-refractivity contribution >= 4 is 24.4 Å². The van der Waals surface area contributed by atoms with Crippen LogP contribution in [-0.4, -0.2) is 27.3 Å². The van der Waals surface area contributed by atoms with Gasteiger partial charge in [-0.2, -0.15) is 0 Å². The summed E-state index contributed by atoms with van der Waals surface area (Å²) < 4.78 is 11.8. The van der Waals surface area contributed by atoms with E-state index in [1.807, 2.05) is 30.3 Å². The van der Waals surface area contributed by atoms with Gasteiger partial charge in [-0.05, 0) is 10.6 Å². The van der Waals surface area contributed by atoms with Crippen molar-refractivity contribution in [1.29, 1.82) is 0 Å². The lowest BCUT2D eigenvalue weighted by atomic mass is 10.1. The maximum absolute atomic E-state index is 13.0. The molecule has 0 spiro atoms. The van der Waals surface area contributed by atoms with E-state index in [0.717, 1.165) is 5.56 Å². The SMILES string of the molecule is CC(C)(C)[Si](c1ccccc1)(c1ccccc1)C1COC(=O)C1COCc1ccccc1. The van der Waals surface area contributed by atoms with Gasteiger partial charge in [0.15, 0.2) is 0 Å². The summed E-state index contributed by atoms with van der Waals surface area (Å²) in [4.78, 5) is 13.0. The van der Waals surface area contributed by atoms with Crippen molar-refractivity contribution in [2.75, 3.05) is 13.2 Å². The van der Waals surface area contributed by atoms with Crippen molar-refractivity contribution in [3.05, 3.63) is 96.6 Å². The Labute approximate surface area is 192 Å². The average molecular weight is 445 g/mol. The van der Waals surface area contributed by atoms with Gasteiger partial charge in [-0.1, -0.05) is 122 Å². The van der Waals surface area contributed by atoms with Crippen LogP contribution in [-0.2, 0) is 20.9 Å². The molecule has 1 heterocycles. The number of carbonyl (C=O) groups excluding carboxylic acids is 1. The van der Waals surface area contributed by atoms with Crippen LogP contribution in [0, 0.1) is 5.92 Å². The van der Waals surface area contributed by atoms with Crippen LogP contribution in [0.25, 0.3) is 0 Å². The molecule has 2 unspecified atom stereocenters. The first-order valence-corrected chi connectivity index (χ1v) is 13.4. The van der Waals surface area contributed by atoms with E-state index in [1.54, 1.807) is 0 Å². The lowest BCUT2D eigenvalue weighted by molar-refractivity contribution is -0.142. The van der Waals surface area contributed by atoms with Gasteiger partial charge in [0.05, 0.1) is 25.7 Å². The highest BCUT2D eigenvalue weighted by molar-refractivity contribution is 7.05. The van der Waals surface area contributed by atoms with Crippen LogP contribution in [0.2, 0.25) is 10.6 Å². The summed E-state index contributed by atoms with van der Waals surface area (Å²) in [6.07, 6.45) is 0. The molecule has 1 saturated heterocycles. The van der Waals surface area contributed by atoms with Gasteiger partial charge in [0, 0.05) is 5.54 Å². The molecule has 32 heavy (non-hydrogen) atoms. The maximum atomic E-state index is 13.0. The molecule has 166 valence electrons. The molecule has 0 aliphatic carbocycles. The number of cyclic esters (lactones) is 1. The molecular weight excluding hydrogens is 412 g/mol. The van der Waals surface area contributed by atoms with Crippen LogP contribution in [0.3, 0.4) is 0 Å². The van der Waals surface area contributed by atoms with Crippen LogP contribution < -0.4 is 10.4 Å². The lowest BCUT2D eigenvalue weighted by Gasteiger charge is -2.48. The van der Waals surface area contributed by atoms with Gasteiger partial charge in [-0.15, -0.1) is 0 Å². The highest BCUT2D eigenvalue weighted by atomic mass is 28.3. The number of ether oxygens (including phenoxy) is 2. The number of rotatable bonds is 7. The Bertz CT molecular complexity index is 973. The molecule has 1 fully saturated rings. The zero-order valence-electron chi connectivity index (χ0n) is 19.2. The molecule has 0 amide bonds. The third-order valence-electron chi connectivity index (χ3n) is 6.80. The highest BCUT2D eigenvalue weighted by Crippen LogP contribution is 2.48. The highest BCUT2D eigenvalue weighted by Gasteiger charge is 2.59. The van der Waals surface area contributed by atoms with E-state index in [2.05, 4.69) is 81.4 Å². The molecule has 2 atom stereocenters. The molecule has 4 rings (SSSR count). The predicted octanol–water partition coefficient (Wildman–Crippen LogP) is 4.81. The fraction of sp³-hybridized carbons (Fsp3) is 0.321. The molecule has 0 N–H and O–H groups in total. The van der Waals surface area contributed by atoms with E-state index in [1.165, 1.54) is 10.4 Å². The van der Waals surface area contributed by atoms with Crippen molar-refractivity contribution < 1.29 is 14.3 Å². The van der Waals surface area contributed by atoms with Crippen LogP contribution in [0.15, 0.2) is 91.0 Å². The summed E-state index contributed by atoms with van der Waals surface area (Å²) in [5, 5.41) is 2.65. The zero-order chi connectivity index (χ0) is 22.6. The molecule has 0 saturated carbocycles. The van der Waals surface area contributed by atoms with Gasteiger partial charge in [0.2, 0.25) is 0 Å². The van der Waals surface area contributed by atoms with Crippen LogP contribution >= 0.6 is 0 Å².